The number of nitrogens with zero attached hydrogens (tertiary/aromatic N) is 4. The fraction of sp³-hybridized carbons (Fsp3) is 0.133. The number of primary amides is 1. The summed E-state index contributed by atoms with van der Waals surface area (Å²) in [6.07, 6.45) is 0. The Balaban J connectivity index is 1.74. The van der Waals surface area contributed by atoms with E-state index in [4.69, 9.17) is 5.73 Å². The monoisotopic (exact) mass is 374 g/mol. The number of tetrazole rings is 1. The number of rotatable bonds is 6. The molecule has 0 aliphatic carbocycles. The van der Waals surface area contributed by atoms with Gasteiger partial charge in [0, 0.05) is 11.9 Å². The van der Waals surface area contributed by atoms with Gasteiger partial charge < -0.3 is 11.1 Å². The van der Waals surface area contributed by atoms with Crippen LogP contribution >= 0.6 is 23.1 Å². The van der Waals surface area contributed by atoms with Crippen molar-refractivity contribution in [1.29, 1.82) is 0 Å². The van der Waals surface area contributed by atoms with Crippen molar-refractivity contribution in [3.63, 3.8) is 0 Å². The Morgan fingerprint density at radius 1 is 1.32 bits per heavy atom. The molecule has 128 valence electrons. The summed E-state index contributed by atoms with van der Waals surface area (Å²) in [6, 6.07) is 11.3. The SMILES string of the molecule is Cn1nnnc1SCC(=O)Nc1sc(-c2ccccc2)cc1C(N)=O. The number of carbonyl (C=O) groups is 2. The molecular weight excluding hydrogens is 360 g/mol. The van der Waals surface area contributed by atoms with Gasteiger partial charge in [-0.2, -0.15) is 0 Å². The van der Waals surface area contributed by atoms with Gasteiger partial charge in [-0.25, -0.2) is 4.68 Å². The zero-order chi connectivity index (χ0) is 17.8. The van der Waals surface area contributed by atoms with Crippen molar-refractivity contribution in [2.75, 3.05) is 11.1 Å². The third kappa shape index (κ3) is 4.03. The predicted octanol–water partition coefficient (Wildman–Crippen LogP) is 1.77. The number of anilines is 1. The van der Waals surface area contributed by atoms with Crippen LogP contribution in [-0.4, -0.2) is 37.8 Å². The summed E-state index contributed by atoms with van der Waals surface area (Å²) >= 11 is 2.51. The van der Waals surface area contributed by atoms with Crippen LogP contribution in [0.1, 0.15) is 10.4 Å². The number of thiophene rings is 1. The quantitative estimate of drug-likeness (QED) is 0.635. The van der Waals surface area contributed by atoms with Gasteiger partial charge in [0.25, 0.3) is 5.91 Å². The van der Waals surface area contributed by atoms with E-state index in [0.29, 0.717) is 15.7 Å². The number of aromatic nitrogens is 4. The van der Waals surface area contributed by atoms with Crippen molar-refractivity contribution in [2.24, 2.45) is 12.8 Å². The molecule has 3 N–H and O–H groups in total. The van der Waals surface area contributed by atoms with Crippen molar-refractivity contribution in [1.82, 2.24) is 20.2 Å². The number of hydrogen-bond acceptors (Lipinski definition) is 7. The highest BCUT2D eigenvalue weighted by Gasteiger charge is 2.17. The maximum Gasteiger partial charge on any atom is 0.251 e. The summed E-state index contributed by atoms with van der Waals surface area (Å²) in [5, 5.41) is 14.7. The van der Waals surface area contributed by atoms with Crippen molar-refractivity contribution in [3.05, 3.63) is 42.0 Å². The average molecular weight is 374 g/mol. The molecule has 25 heavy (non-hydrogen) atoms. The Hall–Kier alpha value is -2.72. The molecule has 0 unspecified atom stereocenters. The van der Waals surface area contributed by atoms with Gasteiger partial charge in [-0.15, -0.1) is 16.4 Å². The average Bonchev–Trinajstić information content (AvgIpc) is 3.20. The number of benzene rings is 1. The summed E-state index contributed by atoms with van der Waals surface area (Å²) < 4.78 is 1.48. The highest BCUT2D eigenvalue weighted by Crippen LogP contribution is 2.35. The fourth-order valence-electron chi connectivity index (χ4n) is 2.05. The Morgan fingerprint density at radius 3 is 2.72 bits per heavy atom. The minimum atomic E-state index is -0.584. The van der Waals surface area contributed by atoms with Crippen LogP contribution in [0.3, 0.4) is 0 Å². The van der Waals surface area contributed by atoms with Gasteiger partial charge in [-0.05, 0) is 22.1 Å². The predicted molar refractivity (Wildman–Crippen MR) is 96.4 cm³/mol. The number of carbonyl (C=O) groups excluding carboxylic acids is 2. The lowest BCUT2D eigenvalue weighted by molar-refractivity contribution is -0.113. The molecule has 0 aliphatic heterocycles. The van der Waals surface area contributed by atoms with E-state index >= 15 is 0 Å². The van der Waals surface area contributed by atoms with Crippen LogP contribution in [0.5, 0.6) is 0 Å². The highest BCUT2D eigenvalue weighted by atomic mass is 32.2. The molecule has 0 bridgehead atoms. The lowest BCUT2D eigenvalue weighted by Gasteiger charge is -2.03. The molecule has 0 spiro atoms. The Labute approximate surface area is 151 Å². The van der Waals surface area contributed by atoms with E-state index in [1.54, 1.807) is 13.1 Å². The summed E-state index contributed by atoms with van der Waals surface area (Å²) in [5.74, 6) is -0.735. The first-order valence-corrected chi connectivity index (χ1v) is 8.99. The van der Waals surface area contributed by atoms with Crippen LogP contribution in [0.4, 0.5) is 5.00 Å². The van der Waals surface area contributed by atoms with Gasteiger partial charge in [0.05, 0.1) is 11.3 Å². The maximum absolute atomic E-state index is 12.2. The van der Waals surface area contributed by atoms with Gasteiger partial charge in [0.15, 0.2) is 0 Å². The molecule has 1 aromatic carbocycles. The molecule has 0 radical (unpaired) electrons. The number of nitrogens with two attached hydrogens (primary N) is 1. The molecule has 0 saturated heterocycles. The van der Waals surface area contributed by atoms with E-state index in [2.05, 4.69) is 20.8 Å². The van der Waals surface area contributed by atoms with E-state index in [-0.39, 0.29) is 11.7 Å². The van der Waals surface area contributed by atoms with Crippen molar-refractivity contribution >= 4 is 39.9 Å². The van der Waals surface area contributed by atoms with Crippen molar-refractivity contribution < 1.29 is 9.59 Å². The third-order valence-electron chi connectivity index (χ3n) is 3.22. The smallest absolute Gasteiger partial charge is 0.251 e. The van der Waals surface area contributed by atoms with Gasteiger partial charge >= 0.3 is 0 Å². The minimum Gasteiger partial charge on any atom is -0.366 e. The summed E-state index contributed by atoms with van der Waals surface area (Å²) in [7, 11) is 1.69. The van der Waals surface area contributed by atoms with E-state index in [1.807, 2.05) is 30.3 Å². The van der Waals surface area contributed by atoms with Gasteiger partial charge in [-0.3, -0.25) is 9.59 Å². The first-order valence-electron chi connectivity index (χ1n) is 7.18. The van der Waals surface area contributed by atoms with Crippen molar-refractivity contribution in [3.8, 4) is 10.4 Å². The van der Waals surface area contributed by atoms with Gasteiger partial charge in [-0.1, -0.05) is 42.1 Å². The summed E-state index contributed by atoms with van der Waals surface area (Å²) in [6.45, 7) is 0. The molecule has 2 aromatic heterocycles. The van der Waals surface area contributed by atoms with Crippen LogP contribution in [-0.2, 0) is 11.8 Å². The summed E-state index contributed by atoms with van der Waals surface area (Å²) in [5.41, 5.74) is 6.68. The molecule has 0 fully saturated rings. The lowest BCUT2D eigenvalue weighted by Crippen LogP contribution is -2.18. The Morgan fingerprint density at radius 2 is 2.08 bits per heavy atom. The maximum atomic E-state index is 12.2. The van der Waals surface area contributed by atoms with Crippen molar-refractivity contribution in [2.45, 2.75) is 5.16 Å². The summed E-state index contributed by atoms with van der Waals surface area (Å²) in [4.78, 5) is 24.7. The second kappa shape index (κ2) is 7.45. The zero-order valence-corrected chi connectivity index (χ0v) is 14.8. The van der Waals surface area contributed by atoms with Gasteiger partial charge in [0.1, 0.15) is 5.00 Å². The topological polar surface area (TPSA) is 116 Å². The van der Waals surface area contributed by atoms with E-state index in [9.17, 15) is 9.59 Å². The normalized spacial score (nSPS) is 10.6. The Bertz CT molecular complexity index is 906. The minimum absolute atomic E-state index is 0.116. The van der Waals surface area contributed by atoms with Crippen LogP contribution in [0.2, 0.25) is 0 Å². The molecule has 10 heteroatoms. The number of hydrogen-bond donors (Lipinski definition) is 2. The molecule has 0 atom stereocenters. The molecule has 3 rings (SSSR count). The van der Waals surface area contributed by atoms with Gasteiger partial charge in [0.2, 0.25) is 11.1 Å². The third-order valence-corrected chi connectivity index (χ3v) is 5.33. The van der Waals surface area contributed by atoms with E-state index < -0.39 is 5.91 Å². The number of nitrogens with one attached hydrogen (secondary N) is 1. The zero-order valence-electron chi connectivity index (χ0n) is 13.2. The number of aryl methyl sites for hydroxylation is 1. The van der Waals surface area contributed by atoms with Crippen LogP contribution < -0.4 is 11.1 Å². The molecule has 2 amide bonds. The molecular formula is C15H14N6O2S2. The standard InChI is InChI=1S/C15H14N6O2S2/c1-21-15(18-19-20-21)24-8-12(22)17-14-10(13(16)23)7-11(25-14)9-5-3-2-4-6-9/h2-7H,8H2,1H3,(H2,16,23)(H,17,22). The molecule has 8 nitrogen and oxygen atoms in total. The first kappa shape index (κ1) is 17.1. The largest absolute Gasteiger partial charge is 0.366 e. The lowest BCUT2D eigenvalue weighted by atomic mass is 10.1. The second-order valence-corrected chi connectivity index (χ2v) is 7.00. The highest BCUT2D eigenvalue weighted by molar-refractivity contribution is 7.99. The molecule has 3 aromatic rings. The second-order valence-electron chi connectivity index (χ2n) is 5.01. The molecule has 2 heterocycles. The first-order chi connectivity index (χ1) is 12.0. The van der Waals surface area contributed by atoms with E-state index in [0.717, 1.165) is 10.4 Å². The number of amides is 2. The Kier molecular flexibility index (Phi) is 5.10. The molecule has 0 saturated carbocycles. The molecule has 0 aliphatic rings. The van der Waals surface area contributed by atoms with Crippen LogP contribution in [0.25, 0.3) is 10.4 Å². The van der Waals surface area contributed by atoms with E-state index in [1.165, 1.54) is 27.8 Å². The van der Waals surface area contributed by atoms with Crippen LogP contribution in [0, 0.1) is 0 Å². The number of thioether (sulfide) groups is 1. The van der Waals surface area contributed by atoms with Crippen LogP contribution in [0.15, 0.2) is 41.6 Å². The fourth-order valence-corrected chi connectivity index (χ4v) is 3.78.